The average molecular weight is 423 g/mol. The van der Waals surface area contributed by atoms with Crippen LogP contribution in [0.25, 0.3) is 10.9 Å². The van der Waals surface area contributed by atoms with Crippen molar-refractivity contribution in [2.45, 2.75) is 29.5 Å². The lowest BCUT2D eigenvalue weighted by atomic mass is 10.0. The standard InChI is InChI=1S/C22H21N3O4S/c1-12-20(26)24-17-9-13(7-8-19(17)30-12)21(27)25-18(22(28)29-2)10-14-11-23-16-6-4-3-5-15(14)16/h3-9,11-12,18,23H,10H2,1-2H3,(H,24,26)(H,25,27)/t12?,18-/m1/s1. The largest absolute Gasteiger partial charge is 0.467 e. The summed E-state index contributed by atoms with van der Waals surface area (Å²) in [6.07, 6.45) is 2.12. The lowest BCUT2D eigenvalue weighted by Gasteiger charge is -2.22. The summed E-state index contributed by atoms with van der Waals surface area (Å²) in [4.78, 5) is 41.2. The van der Waals surface area contributed by atoms with Gasteiger partial charge in [0.15, 0.2) is 0 Å². The third-order valence-electron chi connectivity index (χ3n) is 5.06. The van der Waals surface area contributed by atoms with Gasteiger partial charge in [-0.05, 0) is 36.8 Å². The molecule has 0 saturated carbocycles. The van der Waals surface area contributed by atoms with Gasteiger partial charge in [0.25, 0.3) is 5.91 Å². The Hall–Kier alpha value is -3.26. The molecule has 1 unspecified atom stereocenters. The molecule has 4 rings (SSSR count). The van der Waals surface area contributed by atoms with Crippen molar-refractivity contribution in [1.82, 2.24) is 10.3 Å². The molecule has 2 atom stereocenters. The second kappa shape index (κ2) is 8.23. The summed E-state index contributed by atoms with van der Waals surface area (Å²) in [5, 5.41) is 6.39. The van der Waals surface area contributed by atoms with Crippen molar-refractivity contribution < 1.29 is 19.1 Å². The van der Waals surface area contributed by atoms with Crippen LogP contribution in [0.3, 0.4) is 0 Å². The van der Waals surface area contributed by atoms with Crippen LogP contribution in [0.5, 0.6) is 0 Å². The van der Waals surface area contributed by atoms with E-state index in [1.807, 2.05) is 37.4 Å². The molecule has 3 N–H and O–H groups in total. The summed E-state index contributed by atoms with van der Waals surface area (Å²) >= 11 is 1.45. The molecule has 2 aromatic carbocycles. The van der Waals surface area contributed by atoms with Gasteiger partial charge in [-0.15, -0.1) is 11.8 Å². The molecule has 154 valence electrons. The molecule has 0 radical (unpaired) electrons. The Balaban J connectivity index is 1.55. The third-order valence-corrected chi connectivity index (χ3v) is 6.24. The van der Waals surface area contributed by atoms with Crippen molar-refractivity contribution in [3.63, 3.8) is 0 Å². The van der Waals surface area contributed by atoms with Crippen LogP contribution in [0, 0.1) is 0 Å². The Bertz CT molecular complexity index is 1140. The van der Waals surface area contributed by atoms with Crippen LogP contribution < -0.4 is 10.6 Å². The molecule has 0 aliphatic carbocycles. The number of aromatic nitrogens is 1. The number of carbonyl (C=O) groups excluding carboxylic acids is 3. The van der Waals surface area contributed by atoms with Gasteiger partial charge in [0.2, 0.25) is 5.91 Å². The monoisotopic (exact) mass is 423 g/mol. The molecule has 0 saturated heterocycles. The van der Waals surface area contributed by atoms with E-state index < -0.39 is 17.9 Å². The zero-order chi connectivity index (χ0) is 21.3. The summed E-state index contributed by atoms with van der Waals surface area (Å²) < 4.78 is 4.90. The number of fused-ring (bicyclic) bond motifs is 2. The number of hydrogen-bond acceptors (Lipinski definition) is 5. The number of anilines is 1. The van der Waals surface area contributed by atoms with E-state index in [4.69, 9.17) is 4.74 Å². The quantitative estimate of drug-likeness (QED) is 0.548. The van der Waals surface area contributed by atoms with Crippen LogP contribution in [0.4, 0.5) is 5.69 Å². The van der Waals surface area contributed by atoms with Crippen molar-refractivity contribution in [1.29, 1.82) is 0 Å². The first kappa shape index (κ1) is 20.0. The zero-order valence-corrected chi connectivity index (χ0v) is 17.3. The van der Waals surface area contributed by atoms with E-state index in [2.05, 4.69) is 15.6 Å². The number of hydrogen-bond donors (Lipinski definition) is 3. The summed E-state index contributed by atoms with van der Waals surface area (Å²) in [7, 11) is 1.30. The number of aromatic amines is 1. The van der Waals surface area contributed by atoms with Gasteiger partial charge < -0.3 is 20.4 Å². The lowest BCUT2D eigenvalue weighted by Crippen LogP contribution is -2.43. The molecule has 1 aliphatic rings. The lowest BCUT2D eigenvalue weighted by molar-refractivity contribution is -0.142. The molecule has 2 heterocycles. The smallest absolute Gasteiger partial charge is 0.328 e. The number of carbonyl (C=O) groups is 3. The minimum absolute atomic E-state index is 0.100. The zero-order valence-electron chi connectivity index (χ0n) is 16.5. The molecule has 2 amide bonds. The van der Waals surface area contributed by atoms with Gasteiger partial charge in [0.1, 0.15) is 6.04 Å². The molecule has 0 spiro atoms. The van der Waals surface area contributed by atoms with E-state index in [0.29, 0.717) is 11.3 Å². The summed E-state index contributed by atoms with van der Waals surface area (Å²) in [6.45, 7) is 1.83. The van der Waals surface area contributed by atoms with Crippen LogP contribution in [0.2, 0.25) is 0 Å². The van der Waals surface area contributed by atoms with E-state index in [1.54, 1.807) is 18.2 Å². The third kappa shape index (κ3) is 3.91. The first-order valence-electron chi connectivity index (χ1n) is 9.51. The SMILES string of the molecule is COC(=O)[C@@H](Cc1c[nH]c2ccccc12)NC(=O)c1ccc2c(c1)NC(=O)C(C)S2. The highest BCUT2D eigenvalue weighted by molar-refractivity contribution is 8.00. The number of amides is 2. The molecular formula is C22H21N3O4S. The van der Waals surface area contributed by atoms with E-state index in [9.17, 15) is 14.4 Å². The van der Waals surface area contributed by atoms with E-state index in [0.717, 1.165) is 21.4 Å². The first-order chi connectivity index (χ1) is 14.5. The number of esters is 1. The fraction of sp³-hybridized carbons (Fsp3) is 0.227. The van der Waals surface area contributed by atoms with Gasteiger partial charge >= 0.3 is 5.97 Å². The molecule has 30 heavy (non-hydrogen) atoms. The molecule has 1 aromatic heterocycles. The van der Waals surface area contributed by atoms with Gasteiger partial charge in [0.05, 0.1) is 18.0 Å². The number of rotatable bonds is 5. The number of methoxy groups -OCH3 is 1. The Morgan fingerprint density at radius 2 is 2.03 bits per heavy atom. The summed E-state index contributed by atoms with van der Waals surface area (Å²) in [5.41, 5.74) is 2.82. The van der Waals surface area contributed by atoms with Crippen LogP contribution in [-0.4, -0.2) is 41.2 Å². The van der Waals surface area contributed by atoms with Gasteiger partial charge in [-0.25, -0.2) is 4.79 Å². The van der Waals surface area contributed by atoms with Gasteiger partial charge in [-0.2, -0.15) is 0 Å². The van der Waals surface area contributed by atoms with Crippen molar-refractivity contribution in [2.75, 3.05) is 12.4 Å². The number of thioether (sulfide) groups is 1. The highest BCUT2D eigenvalue weighted by Crippen LogP contribution is 2.35. The highest BCUT2D eigenvalue weighted by Gasteiger charge is 2.26. The normalized spacial score (nSPS) is 16.5. The first-order valence-corrected chi connectivity index (χ1v) is 10.4. The molecule has 0 bridgehead atoms. The molecule has 7 nitrogen and oxygen atoms in total. The fourth-order valence-electron chi connectivity index (χ4n) is 3.45. The minimum atomic E-state index is -0.846. The molecule has 3 aromatic rings. The second-order valence-corrected chi connectivity index (χ2v) is 8.46. The van der Waals surface area contributed by atoms with E-state index in [1.165, 1.54) is 18.9 Å². The number of benzene rings is 2. The number of para-hydroxylation sites is 1. The topological polar surface area (TPSA) is 100 Å². The molecule has 1 aliphatic heterocycles. The summed E-state index contributed by atoms with van der Waals surface area (Å²) in [6, 6.07) is 12.0. The molecule has 0 fully saturated rings. The van der Waals surface area contributed by atoms with Crippen LogP contribution >= 0.6 is 11.8 Å². The minimum Gasteiger partial charge on any atom is -0.467 e. The second-order valence-electron chi connectivity index (χ2n) is 7.07. The Kier molecular flexibility index (Phi) is 5.50. The predicted octanol–water partition coefficient (Wildman–Crippen LogP) is 3.11. The van der Waals surface area contributed by atoms with E-state index in [-0.39, 0.29) is 17.6 Å². The maximum Gasteiger partial charge on any atom is 0.328 e. The number of H-pyrrole nitrogens is 1. The van der Waals surface area contributed by atoms with Crippen LogP contribution in [0.15, 0.2) is 53.6 Å². The van der Waals surface area contributed by atoms with Crippen LogP contribution in [0.1, 0.15) is 22.8 Å². The van der Waals surface area contributed by atoms with Gasteiger partial charge in [-0.1, -0.05) is 18.2 Å². The van der Waals surface area contributed by atoms with Gasteiger partial charge in [-0.3, -0.25) is 9.59 Å². The Labute approximate surface area is 177 Å². The number of nitrogens with one attached hydrogen (secondary N) is 3. The predicted molar refractivity (Wildman–Crippen MR) is 116 cm³/mol. The van der Waals surface area contributed by atoms with Crippen molar-refractivity contribution in [3.8, 4) is 0 Å². The Morgan fingerprint density at radius 1 is 1.23 bits per heavy atom. The fourth-order valence-corrected chi connectivity index (χ4v) is 4.38. The highest BCUT2D eigenvalue weighted by atomic mass is 32.2. The molecule has 8 heteroatoms. The molecular weight excluding hydrogens is 402 g/mol. The van der Waals surface area contributed by atoms with Gasteiger partial charge in [0, 0.05) is 34.0 Å². The Morgan fingerprint density at radius 3 is 2.83 bits per heavy atom. The van der Waals surface area contributed by atoms with Crippen molar-refractivity contribution >= 4 is 46.1 Å². The van der Waals surface area contributed by atoms with Crippen molar-refractivity contribution in [3.05, 3.63) is 59.8 Å². The average Bonchev–Trinajstić information content (AvgIpc) is 3.16. The number of ether oxygens (including phenoxy) is 1. The van der Waals surface area contributed by atoms with Crippen LogP contribution in [-0.2, 0) is 20.7 Å². The summed E-state index contributed by atoms with van der Waals surface area (Å²) in [5.74, 6) is -1.04. The van der Waals surface area contributed by atoms with Crippen molar-refractivity contribution in [2.24, 2.45) is 0 Å². The van der Waals surface area contributed by atoms with E-state index >= 15 is 0 Å². The maximum absolute atomic E-state index is 12.9. The maximum atomic E-state index is 12.9.